The van der Waals surface area contributed by atoms with E-state index in [1.807, 2.05) is 18.2 Å². The third-order valence-corrected chi connectivity index (χ3v) is 6.94. The van der Waals surface area contributed by atoms with Crippen LogP contribution in [0.4, 0.5) is 10.2 Å². The predicted molar refractivity (Wildman–Crippen MR) is 142 cm³/mol. The van der Waals surface area contributed by atoms with Crippen LogP contribution in [0.2, 0.25) is 5.02 Å². The van der Waals surface area contributed by atoms with Crippen LogP contribution in [0.3, 0.4) is 0 Å². The molecule has 1 atom stereocenters. The summed E-state index contributed by atoms with van der Waals surface area (Å²) >= 11 is 7.55. The fourth-order valence-electron chi connectivity index (χ4n) is 4.07. The predicted octanol–water partition coefficient (Wildman–Crippen LogP) is 4.92. The number of halogens is 2. The molecule has 2 aromatic heterocycles. The molecule has 0 saturated heterocycles. The number of rotatable bonds is 9. The van der Waals surface area contributed by atoms with Crippen LogP contribution >= 0.6 is 23.1 Å². The number of anilines is 1. The molecular formula is C26H22ClFN6O3S. The number of fused-ring (bicyclic) bond motifs is 1. The van der Waals surface area contributed by atoms with Gasteiger partial charge >= 0.3 is 0 Å². The number of aromatic nitrogens is 3. The molecule has 0 aliphatic carbocycles. The van der Waals surface area contributed by atoms with Crippen molar-refractivity contribution in [3.63, 3.8) is 0 Å². The fourth-order valence-corrected chi connectivity index (χ4v) is 5.13. The zero-order valence-electron chi connectivity index (χ0n) is 20.4. The molecule has 2 heterocycles. The third kappa shape index (κ3) is 5.56. The van der Waals surface area contributed by atoms with Gasteiger partial charge in [0.15, 0.2) is 5.82 Å². The molecule has 2 aromatic carbocycles. The van der Waals surface area contributed by atoms with Gasteiger partial charge in [-0.3, -0.25) is 14.4 Å². The number of nitrogens with zero attached hydrogens (tertiary/aromatic N) is 4. The van der Waals surface area contributed by atoms with E-state index in [0.29, 0.717) is 10.9 Å². The molecule has 0 saturated carbocycles. The van der Waals surface area contributed by atoms with Gasteiger partial charge in [-0.25, -0.2) is 9.37 Å². The molecule has 38 heavy (non-hydrogen) atoms. The third-order valence-electron chi connectivity index (χ3n) is 5.77. The summed E-state index contributed by atoms with van der Waals surface area (Å²) in [6, 6.07) is 13.1. The first kappa shape index (κ1) is 26.9. The van der Waals surface area contributed by atoms with Crippen LogP contribution < -0.4 is 10.6 Å². The lowest BCUT2D eigenvalue weighted by atomic mass is 9.96. The Morgan fingerprint density at radius 3 is 2.71 bits per heavy atom. The van der Waals surface area contributed by atoms with Gasteiger partial charge in [-0.15, -0.1) is 0 Å². The van der Waals surface area contributed by atoms with E-state index in [-0.39, 0.29) is 53.3 Å². The molecule has 0 unspecified atom stereocenters. The van der Waals surface area contributed by atoms with Gasteiger partial charge in [0.1, 0.15) is 17.3 Å². The second kappa shape index (κ2) is 11.5. The molecule has 2 N–H and O–H groups in total. The van der Waals surface area contributed by atoms with Crippen LogP contribution in [-0.4, -0.2) is 38.1 Å². The number of nitriles is 1. The van der Waals surface area contributed by atoms with Crippen molar-refractivity contribution >= 4 is 56.6 Å². The molecule has 9 nitrogen and oxygen atoms in total. The largest absolute Gasteiger partial charge is 0.348 e. The second-order valence-electron chi connectivity index (χ2n) is 8.49. The van der Waals surface area contributed by atoms with Crippen molar-refractivity contribution < 1.29 is 18.8 Å². The monoisotopic (exact) mass is 552 g/mol. The maximum Gasteiger partial charge on any atom is 0.287 e. The lowest BCUT2D eigenvalue weighted by Gasteiger charge is -2.19. The van der Waals surface area contributed by atoms with Crippen LogP contribution in [0.1, 0.15) is 58.6 Å². The minimum absolute atomic E-state index is 0.00610. The van der Waals surface area contributed by atoms with Crippen molar-refractivity contribution in [2.24, 2.45) is 0 Å². The number of nitrogens with one attached hydrogen (secondary N) is 2. The minimum atomic E-state index is -0.687. The maximum absolute atomic E-state index is 14.2. The number of Topliss-reactive ketones (excluding diaryl/α,β-unsaturated/α-hetero) is 1. The zero-order chi connectivity index (χ0) is 27.4. The summed E-state index contributed by atoms with van der Waals surface area (Å²) in [4.78, 5) is 43.0. The number of ketones is 1. The van der Waals surface area contributed by atoms with E-state index in [0.717, 1.165) is 4.70 Å². The van der Waals surface area contributed by atoms with Crippen molar-refractivity contribution in [2.45, 2.75) is 32.7 Å². The van der Waals surface area contributed by atoms with Crippen LogP contribution in [0.15, 0.2) is 42.5 Å². The summed E-state index contributed by atoms with van der Waals surface area (Å²) < 4.78 is 20.7. The van der Waals surface area contributed by atoms with Gasteiger partial charge < -0.3 is 15.2 Å². The van der Waals surface area contributed by atoms with E-state index >= 15 is 0 Å². The van der Waals surface area contributed by atoms with E-state index in [1.165, 1.54) is 41.2 Å². The molecule has 0 fully saturated rings. The van der Waals surface area contributed by atoms with Gasteiger partial charge in [0.25, 0.3) is 11.8 Å². The Morgan fingerprint density at radius 2 is 1.97 bits per heavy atom. The summed E-state index contributed by atoms with van der Waals surface area (Å²) in [5.74, 6) is -2.84. The second-order valence-corrected chi connectivity index (χ2v) is 9.70. The highest BCUT2D eigenvalue weighted by molar-refractivity contribution is 7.13. The number of carbonyl (C=O) groups excluding carboxylic acids is 3. The highest BCUT2D eigenvalue weighted by Crippen LogP contribution is 2.36. The molecule has 194 valence electrons. The Balaban J connectivity index is 1.85. The highest BCUT2D eigenvalue weighted by atomic mass is 35.5. The summed E-state index contributed by atoms with van der Waals surface area (Å²) in [6.07, 6.45) is 0.0712. The molecule has 0 aliphatic rings. The molecule has 0 spiro atoms. The Hall–Kier alpha value is -4.14. The smallest absolute Gasteiger partial charge is 0.287 e. The van der Waals surface area contributed by atoms with Crippen LogP contribution in [0, 0.1) is 17.1 Å². The molecule has 0 bridgehead atoms. The Kier molecular flexibility index (Phi) is 8.14. The average Bonchev–Trinajstić information content (AvgIpc) is 3.46. The van der Waals surface area contributed by atoms with Gasteiger partial charge in [-0.1, -0.05) is 36.7 Å². The molecule has 2 amide bonds. The van der Waals surface area contributed by atoms with Gasteiger partial charge in [0.05, 0.1) is 29.4 Å². The lowest BCUT2D eigenvalue weighted by Crippen LogP contribution is -2.29. The van der Waals surface area contributed by atoms with Crippen molar-refractivity contribution in [1.29, 1.82) is 5.26 Å². The number of amides is 2. The molecule has 12 heteroatoms. The van der Waals surface area contributed by atoms with Gasteiger partial charge in [-0.2, -0.15) is 9.64 Å². The number of hydrogen-bond acceptors (Lipinski definition) is 7. The number of hydrogen-bond donors (Lipinski definition) is 2. The quantitative estimate of drug-likeness (QED) is 0.283. The average molecular weight is 553 g/mol. The van der Waals surface area contributed by atoms with E-state index in [9.17, 15) is 18.8 Å². The number of imidazole rings is 1. The van der Waals surface area contributed by atoms with Crippen molar-refractivity contribution in [3.8, 4) is 6.07 Å². The normalized spacial score (nSPS) is 11.7. The van der Waals surface area contributed by atoms with Crippen molar-refractivity contribution in [1.82, 2.24) is 19.2 Å². The number of benzene rings is 2. The van der Waals surface area contributed by atoms with Crippen LogP contribution in [0.5, 0.6) is 0 Å². The molecule has 4 aromatic rings. The number of carbonyl (C=O) groups is 3. The van der Waals surface area contributed by atoms with E-state index in [4.69, 9.17) is 16.9 Å². The lowest BCUT2D eigenvalue weighted by molar-refractivity contribution is -0.117. The maximum atomic E-state index is 14.2. The minimum Gasteiger partial charge on any atom is -0.348 e. The SMILES string of the molecule is CC(=O)Cn1c(C(=O)NCCC#N)nc(NC(=O)c2nsc3ccccc23)c1[C@H](C)c1cc(F)ccc1Cl. The van der Waals surface area contributed by atoms with Crippen molar-refractivity contribution in [3.05, 3.63) is 76.1 Å². The van der Waals surface area contributed by atoms with E-state index in [2.05, 4.69) is 20.0 Å². The van der Waals surface area contributed by atoms with Gasteiger partial charge in [0, 0.05) is 22.9 Å². The van der Waals surface area contributed by atoms with Crippen molar-refractivity contribution in [2.75, 3.05) is 11.9 Å². The van der Waals surface area contributed by atoms with Gasteiger partial charge in [-0.05, 0) is 48.3 Å². The first-order valence-electron chi connectivity index (χ1n) is 11.6. The molecule has 0 aliphatic heterocycles. The zero-order valence-corrected chi connectivity index (χ0v) is 22.0. The molecular weight excluding hydrogens is 531 g/mol. The van der Waals surface area contributed by atoms with Crippen LogP contribution in [0.25, 0.3) is 10.1 Å². The van der Waals surface area contributed by atoms with Gasteiger partial charge in [0.2, 0.25) is 5.82 Å². The molecule has 0 radical (unpaired) electrons. The summed E-state index contributed by atoms with van der Waals surface area (Å²) in [5, 5.41) is 15.1. The topological polar surface area (TPSA) is 130 Å². The Morgan fingerprint density at radius 1 is 1.21 bits per heavy atom. The summed E-state index contributed by atoms with van der Waals surface area (Å²) in [6.45, 7) is 2.88. The Bertz CT molecular complexity index is 1590. The van der Waals surface area contributed by atoms with E-state index < -0.39 is 23.5 Å². The molecule has 4 rings (SSSR count). The Labute approximate surface area is 226 Å². The standard InChI is InChI=1S/C26H22ClFN6O3S/c1-14(35)13-34-22(15(2)18-12-16(28)8-9-19(18)27)23(31-24(34)26(37)30-11-5-10-29)32-25(36)21-17-6-3-4-7-20(17)38-33-21/h3-4,6-9,12,15H,5,11,13H2,1-2H3,(H,30,37)(H,32,36)/t15-/m1/s1. The first-order valence-corrected chi connectivity index (χ1v) is 12.7. The summed E-state index contributed by atoms with van der Waals surface area (Å²) in [5.41, 5.74) is 0.836. The van der Waals surface area contributed by atoms with E-state index in [1.54, 1.807) is 19.1 Å². The fraction of sp³-hybridized carbons (Fsp3) is 0.231. The summed E-state index contributed by atoms with van der Waals surface area (Å²) in [7, 11) is 0. The highest BCUT2D eigenvalue weighted by Gasteiger charge is 2.30. The first-order chi connectivity index (χ1) is 18.2. The van der Waals surface area contributed by atoms with Crippen LogP contribution in [-0.2, 0) is 11.3 Å².